The lowest BCUT2D eigenvalue weighted by molar-refractivity contribution is -0.120. The van der Waals surface area contributed by atoms with Crippen LogP contribution in [0.15, 0.2) is 39.7 Å². The minimum Gasteiger partial charge on any atom is -0.495 e. The highest BCUT2D eigenvalue weighted by molar-refractivity contribution is 9.10. The molecular formula is C21H24BrFN2O4S. The molecule has 1 heterocycles. The highest BCUT2D eigenvalue weighted by Crippen LogP contribution is 2.31. The first kappa shape index (κ1) is 22.7. The van der Waals surface area contributed by atoms with Crippen LogP contribution in [0.3, 0.4) is 0 Å². The monoisotopic (exact) mass is 498 g/mol. The lowest BCUT2D eigenvalue weighted by atomic mass is 9.98. The first-order valence-corrected chi connectivity index (χ1v) is 11.8. The third kappa shape index (κ3) is 4.68. The Bertz CT molecular complexity index is 1050. The summed E-state index contributed by atoms with van der Waals surface area (Å²) < 4.78 is 47.3. The van der Waals surface area contributed by atoms with Gasteiger partial charge >= 0.3 is 0 Å². The number of rotatable bonds is 5. The Morgan fingerprint density at radius 1 is 1.23 bits per heavy atom. The molecule has 1 saturated heterocycles. The molecule has 0 aromatic heterocycles. The van der Waals surface area contributed by atoms with Gasteiger partial charge in [0.1, 0.15) is 16.5 Å². The van der Waals surface area contributed by atoms with Gasteiger partial charge in [-0.25, -0.2) is 12.8 Å². The zero-order valence-electron chi connectivity index (χ0n) is 17.0. The largest absolute Gasteiger partial charge is 0.495 e. The van der Waals surface area contributed by atoms with Crippen LogP contribution in [0, 0.1) is 25.6 Å². The molecule has 1 atom stereocenters. The number of amides is 1. The maximum absolute atomic E-state index is 13.7. The summed E-state index contributed by atoms with van der Waals surface area (Å²) in [7, 11) is -2.67. The minimum atomic E-state index is -4.01. The van der Waals surface area contributed by atoms with Gasteiger partial charge in [0.15, 0.2) is 0 Å². The summed E-state index contributed by atoms with van der Waals surface area (Å²) in [5.74, 6) is -1.32. The molecular weight excluding hydrogens is 475 g/mol. The van der Waals surface area contributed by atoms with Gasteiger partial charge in [-0.1, -0.05) is 15.9 Å². The molecule has 1 aliphatic rings. The molecule has 162 valence electrons. The first-order chi connectivity index (χ1) is 14.1. The molecule has 0 aliphatic carbocycles. The Labute approximate surface area is 184 Å². The second-order valence-corrected chi connectivity index (χ2v) is 10.2. The Morgan fingerprint density at radius 3 is 2.53 bits per heavy atom. The smallest absolute Gasteiger partial charge is 0.246 e. The number of ether oxygens (including phenoxy) is 1. The van der Waals surface area contributed by atoms with Crippen molar-refractivity contribution in [2.24, 2.45) is 5.92 Å². The molecule has 0 radical (unpaired) electrons. The van der Waals surface area contributed by atoms with E-state index in [9.17, 15) is 17.6 Å². The van der Waals surface area contributed by atoms with Gasteiger partial charge in [0.05, 0.1) is 13.0 Å². The Morgan fingerprint density at radius 2 is 1.90 bits per heavy atom. The number of nitrogens with zero attached hydrogens (tertiary/aromatic N) is 1. The highest BCUT2D eigenvalue weighted by Gasteiger charge is 2.35. The molecule has 0 unspecified atom stereocenters. The van der Waals surface area contributed by atoms with Crippen molar-refractivity contribution in [1.29, 1.82) is 0 Å². The number of hydrogen-bond donors (Lipinski definition) is 1. The van der Waals surface area contributed by atoms with E-state index in [4.69, 9.17) is 4.74 Å². The number of anilines is 1. The molecule has 0 bridgehead atoms. The van der Waals surface area contributed by atoms with Crippen molar-refractivity contribution < 1.29 is 22.3 Å². The van der Waals surface area contributed by atoms with Gasteiger partial charge in [-0.2, -0.15) is 4.31 Å². The maximum atomic E-state index is 13.7. The summed E-state index contributed by atoms with van der Waals surface area (Å²) in [4.78, 5) is 12.7. The predicted molar refractivity (Wildman–Crippen MR) is 117 cm³/mol. The molecule has 0 spiro atoms. The number of halogens is 2. The van der Waals surface area contributed by atoms with Crippen molar-refractivity contribution in [1.82, 2.24) is 4.31 Å². The van der Waals surface area contributed by atoms with Crippen LogP contribution in [0.5, 0.6) is 5.75 Å². The normalized spacial score (nSPS) is 17.6. The van der Waals surface area contributed by atoms with Crippen molar-refractivity contribution in [3.63, 3.8) is 0 Å². The molecule has 2 aromatic carbocycles. The van der Waals surface area contributed by atoms with Crippen molar-refractivity contribution in [2.75, 3.05) is 25.5 Å². The standard InChI is InChI=1S/C21H24BrFN2O4S/c1-13-9-16(22)10-14(2)20(13)24-21(26)15-5-4-8-25(12-15)30(27,28)19-11-17(23)6-7-18(19)29-3/h6-7,9-11,15H,4-5,8,12H2,1-3H3,(H,24,26)/t15-/m1/s1. The Kier molecular flexibility index (Phi) is 6.84. The number of piperidine rings is 1. The highest BCUT2D eigenvalue weighted by atomic mass is 79.9. The number of sulfonamides is 1. The van der Waals surface area contributed by atoms with Crippen LogP contribution in [-0.4, -0.2) is 38.8 Å². The number of hydrogen-bond acceptors (Lipinski definition) is 4. The van der Waals surface area contributed by atoms with Gasteiger partial charge in [0, 0.05) is 23.2 Å². The van der Waals surface area contributed by atoms with Crippen LogP contribution in [0.25, 0.3) is 0 Å². The Balaban J connectivity index is 1.82. The van der Waals surface area contributed by atoms with Crippen LogP contribution >= 0.6 is 15.9 Å². The van der Waals surface area contributed by atoms with Gasteiger partial charge in [-0.15, -0.1) is 0 Å². The van der Waals surface area contributed by atoms with E-state index >= 15 is 0 Å². The van der Waals surface area contributed by atoms with Crippen LogP contribution < -0.4 is 10.1 Å². The summed E-state index contributed by atoms with van der Waals surface area (Å²) in [5, 5.41) is 2.95. The molecule has 1 aliphatic heterocycles. The van der Waals surface area contributed by atoms with Crippen LogP contribution in [0.1, 0.15) is 24.0 Å². The number of carbonyl (C=O) groups is 1. The summed E-state index contributed by atoms with van der Waals surface area (Å²) in [6.45, 7) is 4.10. The fourth-order valence-corrected chi connectivity index (χ4v) is 6.08. The topological polar surface area (TPSA) is 75.7 Å². The lowest BCUT2D eigenvalue weighted by Crippen LogP contribution is -2.43. The van der Waals surface area contributed by atoms with E-state index in [1.54, 1.807) is 0 Å². The van der Waals surface area contributed by atoms with Gasteiger partial charge in [-0.3, -0.25) is 4.79 Å². The number of benzene rings is 2. The van der Waals surface area contributed by atoms with Gasteiger partial charge in [0.2, 0.25) is 15.9 Å². The quantitative estimate of drug-likeness (QED) is 0.668. The molecule has 1 amide bonds. The molecule has 0 saturated carbocycles. The van der Waals surface area contributed by atoms with E-state index in [-0.39, 0.29) is 29.6 Å². The molecule has 6 nitrogen and oxygen atoms in total. The summed E-state index contributed by atoms with van der Waals surface area (Å²) >= 11 is 3.44. The summed E-state index contributed by atoms with van der Waals surface area (Å²) in [6, 6.07) is 7.21. The van der Waals surface area contributed by atoms with Gasteiger partial charge in [-0.05, 0) is 68.1 Å². The first-order valence-electron chi connectivity index (χ1n) is 9.54. The average Bonchev–Trinajstić information content (AvgIpc) is 2.70. The number of carbonyl (C=O) groups excluding carboxylic acids is 1. The fraction of sp³-hybridized carbons (Fsp3) is 0.381. The van der Waals surface area contributed by atoms with Crippen molar-refractivity contribution >= 4 is 37.5 Å². The average molecular weight is 499 g/mol. The third-order valence-electron chi connectivity index (χ3n) is 5.24. The lowest BCUT2D eigenvalue weighted by Gasteiger charge is -2.31. The van der Waals surface area contributed by atoms with E-state index in [0.717, 1.165) is 33.4 Å². The van der Waals surface area contributed by atoms with Gasteiger partial charge in [0.25, 0.3) is 0 Å². The van der Waals surface area contributed by atoms with Crippen molar-refractivity contribution in [3.05, 3.63) is 51.7 Å². The summed E-state index contributed by atoms with van der Waals surface area (Å²) in [5.41, 5.74) is 2.56. The molecule has 1 fully saturated rings. The van der Waals surface area contributed by atoms with E-state index in [1.807, 2.05) is 26.0 Å². The van der Waals surface area contributed by atoms with E-state index in [2.05, 4.69) is 21.2 Å². The second kappa shape index (κ2) is 9.03. The Hall–Kier alpha value is -1.97. The van der Waals surface area contributed by atoms with E-state index in [1.165, 1.54) is 17.5 Å². The minimum absolute atomic E-state index is 0.0302. The number of aryl methyl sites for hydroxylation is 2. The molecule has 30 heavy (non-hydrogen) atoms. The second-order valence-electron chi connectivity index (χ2n) is 7.40. The maximum Gasteiger partial charge on any atom is 0.246 e. The number of methoxy groups -OCH3 is 1. The van der Waals surface area contributed by atoms with Crippen LogP contribution in [0.4, 0.5) is 10.1 Å². The van der Waals surface area contributed by atoms with Crippen LogP contribution in [-0.2, 0) is 14.8 Å². The van der Waals surface area contributed by atoms with Crippen molar-refractivity contribution in [2.45, 2.75) is 31.6 Å². The van der Waals surface area contributed by atoms with Crippen molar-refractivity contribution in [3.8, 4) is 5.75 Å². The molecule has 9 heteroatoms. The summed E-state index contributed by atoms with van der Waals surface area (Å²) in [6.07, 6.45) is 1.11. The van der Waals surface area contributed by atoms with Gasteiger partial charge < -0.3 is 10.1 Å². The van der Waals surface area contributed by atoms with E-state index in [0.29, 0.717) is 12.8 Å². The van der Waals surface area contributed by atoms with E-state index < -0.39 is 21.8 Å². The SMILES string of the molecule is COc1ccc(F)cc1S(=O)(=O)N1CCC[C@@H](C(=O)Nc2c(C)cc(Br)cc2C)C1. The fourth-order valence-electron chi connectivity index (χ4n) is 3.70. The molecule has 1 N–H and O–H groups in total. The third-order valence-corrected chi connectivity index (χ3v) is 7.59. The zero-order chi connectivity index (χ0) is 22.1. The number of nitrogens with one attached hydrogen (secondary N) is 1. The zero-order valence-corrected chi connectivity index (χ0v) is 19.4. The predicted octanol–water partition coefficient (Wildman–Crippen LogP) is 4.25. The molecule has 3 rings (SSSR count). The molecule has 2 aromatic rings. The van der Waals surface area contributed by atoms with Crippen LogP contribution in [0.2, 0.25) is 0 Å².